The Morgan fingerprint density at radius 1 is 1.03 bits per heavy atom. The van der Waals surface area contributed by atoms with E-state index in [2.05, 4.69) is 0 Å². The molecule has 1 fully saturated rings. The quantitative estimate of drug-likeness (QED) is 0.523. The van der Waals surface area contributed by atoms with Crippen LogP contribution in [0.1, 0.15) is 18.4 Å². The van der Waals surface area contributed by atoms with Crippen LogP contribution in [0.3, 0.4) is 0 Å². The molecule has 0 bridgehead atoms. The number of nitrogens with zero attached hydrogens (tertiary/aromatic N) is 2. The van der Waals surface area contributed by atoms with E-state index in [1.54, 1.807) is 42.5 Å². The van der Waals surface area contributed by atoms with Crippen LogP contribution in [0, 0.1) is 0 Å². The number of amides is 2. The number of carbonyl (C=O) groups is 3. The molecule has 0 aliphatic carbocycles. The molecule has 1 saturated heterocycles. The van der Waals surface area contributed by atoms with Crippen LogP contribution >= 0.6 is 11.8 Å². The van der Waals surface area contributed by atoms with E-state index < -0.39 is 27.1 Å². The minimum absolute atomic E-state index is 0.0124. The number of aliphatic carboxylic acids is 1. The van der Waals surface area contributed by atoms with Gasteiger partial charge in [0.15, 0.2) is 0 Å². The molecular weight excluding hydrogens is 452 g/mol. The van der Waals surface area contributed by atoms with Crippen molar-refractivity contribution in [3.8, 4) is 0 Å². The number of hydrogen-bond acceptors (Lipinski definition) is 6. The number of carboxylic acid groups (broad SMARTS) is 1. The maximum atomic E-state index is 13.2. The molecule has 0 spiro atoms. The average molecular weight is 471 g/mol. The average Bonchev–Trinajstić information content (AvgIpc) is 3.27. The molecule has 0 saturated carbocycles. The number of hydrogen-bond donors (Lipinski definition) is 1. The van der Waals surface area contributed by atoms with Crippen molar-refractivity contribution in [3.63, 3.8) is 0 Å². The minimum Gasteiger partial charge on any atom is -0.481 e. The highest BCUT2D eigenvalue weighted by atomic mass is 32.2. The molecule has 2 heterocycles. The standard InChI is InChI=1S/C22H18N2O6S2/c25-20(26)11-6-12-23-21(27)19(31-22(23)28)13-15-14-24(18-10-5-4-9-17(15)18)32(29,30)16-7-2-1-3-8-16/h1-5,7-10,13-14H,6,11-12H2,(H,25,26). The predicted molar refractivity (Wildman–Crippen MR) is 121 cm³/mol. The molecule has 164 valence electrons. The van der Waals surface area contributed by atoms with Gasteiger partial charge in [-0.25, -0.2) is 12.4 Å². The van der Waals surface area contributed by atoms with E-state index in [0.717, 1.165) is 16.7 Å². The Kier molecular flexibility index (Phi) is 5.90. The lowest BCUT2D eigenvalue weighted by Crippen LogP contribution is -2.29. The second kappa shape index (κ2) is 8.64. The summed E-state index contributed by atoms with van der Waals surface area (Å²) in [6.45, 7) is 0.0124. The fourth-order valence-electron chi connectivity index (χ4n) is 3.42. The highest BCUT2D eigenvalue weighted by Gasteiger charge is 2.35. The van der Waals surface area contributed by atoms with Crippen molar-refractivity contribution in [3.05, 3.63) is 71.3 Å². The first-order valence-electron chi connectivity index (χ1n) is 9.67. The third kappa shape index (κ3) is 4.06. The maximum Gasteiger partial charge on any atom is 0.303 e. The monoisotopic (exact) mass is 470 g/mol. The van der Waals surface area contributed by atoms with E-state index in [9.17, 15) is 22.8 Å². The van der Waals surface area contributed by atoms with Crippen LogP contribution < -0.4 is 0 Å². The lowest BCUT2D eigenvalue weighted by molar-refractivity contribution is -0.137. The number of rotatable bonds is 7. The van der Waals surface area contributed by atoms with Crippen LogP contribution in [0.5, 0.6) is 0 Å². The van der Waals surface area contributed by atoms with E-state index in [4.69, 9.17) is 5.11 Å². The zero-order chi connectivity index (χ0) is 22.9. The topological polar surface area (TPSA) is 114 Å². The Morgan fingerprint density at radius 2 is 1.72 bits per heavy atom. The molecule has 10 heteroatoms. The molecule has 1 aliphatic rings. The van der Waals surface area contributed by atoms with Crippen molar-refractivity contribution in [2.45, 2.75) is 17.7 Å². The molecule has 0 atom stereocenters. The number of benzene rings is 2. The van der Waals surface area contributed by atoms with Gasteiger partial charge in [0.05, 0.1) is 15.3 Å². The highest BCUT2D eigenvalue weighted by molar-refractivity contribution is 8.18. The molecule has 0 unspecified atom stereocenters. The molecule has 1 aromatic heterocycles. The summed E-state index contributed by atoms with van der Waals surface area (Å²) in [5.41, 5.74) is 0.930. The van der Waals surface area contributed by atoms with E-state index in [-0.39, 0.29) is 29.2 Å². The smallest absolute Gasteiger partial charge is 0.303 e. The van der Waals surface area contributed by atoms with Gasteiger partial charge in [-0.2, -0.15) is 0 Å². The normalized spacial score (nSPS) is 15.8. The third-order valence-electron chi connectivity index (χ3n) is 4.94. The van der Waals surface area contributed by atoms with Crippen LogP contribution in [0.4, 0.5) is 4.79 Å². The molecule has 8 nitrogen and oxygen atoms in total. The number of carboxylic acids is 1. The second-order valence-corrected chi connectivity index (χ2v) is 9.85. The van der Waals surface area contributed by atoms with Crippen LogP contribution in [0.25, 0.3) is 17.0 Å². The summed E-state index contributed by atoms with van der Waals surface area (Å²) in [7, 11) is -3.87. The minimum atomic E-state index is -3.87. The summed E-state index contributed by atoms with van der Waals surface area (Å²) in [5, 5.41) is 8.90. The largest absolute Gasteiger partial charge is 0.481 e. The van der Waals surface area contributed by atoms with Gasteiger partial charge in [0.25, 0.3) is 21.2 Å². The van der Waals surface area contributed by atoms with Crippen LogP contribution in [-0.4, -0.2) is 46.1 Å². The van der Waals surface area contributed by atoms with Gasteiger partial charge < -0.3 is 5.11 Å². The molecule has 2 aromatic carbocycles. The Hall–Kier alpha value is -3.37. The number of para-hydroxylation sites is 1. The summed E-state index contributed by atoms with van der Waals surface area (Å²) in [6, 6.07) is 14.9. The van der Waals surface area contributed by atoms with Gasteiger partial charge in [-0.05, 0) is 42.5 Å². The zero-order valence-corrected chi connectivity index (χ0v) is 18.3. The molecule has 1 aliphatic heterocycles. The summed E-state index contributed by atoms with van der Waals surface area (Å²) >= 11 is 0.750. The van der Waals surface area contributed by atoms with Crippen molar-refractivity contribution in [1.82, 2.24) is 8.87 Å². The van der Waals surface area contributed by atoms with Crippen LogP contribution in [0.2, 0.25) is 0 Å². The molecule has 1 N–H and O–H groups in total. The molecular formula is C22H18N2O6S2. The lowest BCUT2D eigenvalue weighted by atomic mass is 10.1. The molecule has 4 rings (SSSR count). The van der Waals surface area contributed by atoms with Crippen molar-refractivity contribution in [1.29, 1.82) is 0 Å². The van der Waals surface area contributed by atoms with Crippen molar-refractivity contribution in [2.24, 2.45) is 0 Å². The Labute approximate surface area is 188 Å². The van der Waals surface area contributed by atoms with Gasteiger partial charge in [0.1, 0.15) is 0 Å². The van der Waals surface area contributed by atoms with Crippen molar-refractivity contribution in [2.75, 3.05) is 6.54 Å². The van der Waals surface area contributed by atoms with Gasteiger partial charge in [-0.3, -0.25) is 19.3 Å². The van der Waals surface area contributed by atoms with E-state index in [1.807, 2.05) is 0 Å². The van der Waals surface area contributed by atoms with Crippen molar-refractivity contribution < 1.29 is 27.9 Å². The number of fused-ring (bicyclic) bond motifs is 1. The fraction of sp³-hybridized carbons (Fsp3) is 0.136. The number of aromatic nitrogens is 1. The second-order valence-electron chi connectivity index (χ2n) is 7.05. The summed E-state index contributed by atoms with van der Waals surface area (Å²) in [4.78, 5) is 37.0. The van der Waals surface area contributed by atoms with Gasteiger partial charge in [-0.1, -0.05) is 36.4 Å². The van der Waals surface area contributed by atoms with Gasteiger partial charge in [0, 0.05) is 30.1 Å². The third-order valence-corrected chi connectivity index (χ3v) is 7.54. The van der Waals surface area contributed by atoms with Gasteiger partial charge in [-0.15, -0.1) is 0 Å². The first-order valence-corrected chi connectivity index (χ1v) is 11.9. The van der Waals surface area contributed by atoms with Crippen LogP contribution in [-0.2, 0) is 19.6 Å². The van der Waals surface area contributed by atoms with Crippen LogP contribution in [0.15, 0.2) is 70.6 Å². The predicted octanol–water partition coefficient (Wildman–Crippen LogP) is 3.78. The van der Waals surface area contributed by atoms with Gasteiger partial charge >= 0.3 is 5.97 Å². The lowest BCUT2D eigenvalue weighted by Gasteiger charge is -2.10. The first kappa shape index (κ1) is 21.8. The van der Waals surface area contributed by atoms with E-state index in [1.165, 1.54) is 28.4 Å². The summed E-state index contributed by atoms with van der Waals surface area (Å²) < 4.78 is 27.6. The first-order chi connectivity index (χ1) is 15.3. The number of imide groups is 1. The molecule has 32 heavy (non-hydrogen) atoms. The van der Waals surface area contributed by atoms with E-state index >= 15 is 0 Å². The fourth-order valence-corrected chi connectivity index (χ4v) is 5.67. The Balaban J connectivity index is 1.72. The zero-order valence-electron chi connectivity index (χ0n) is 16.7. The Morgan fingerprint density at radius 3 is 2.44 bits per heavy atom. The van der Waals surface area contributed by atoms with E-state index in [0.29, 0.717) is 16.5 Å². The summed E-state index contributed by atoms with van der Waals surface area (Å²) in [5.74, 6) is -1.52. The highest BCUT2D eigenvalue weighted by Crippen LogP contribution is 2.35. The number of carbonyl (C=O) groups excluding carboxylic acids is 2. The molecule has 3 aromatic rings. The van der Waals surface area contributed by atoms with Crippen molar-refractivity contribution >= 4 is 55.9 Å². The molecule has 0 radical (unpaired) electrons. The molecule has 2 amide bonds. The summed E-state index contributed by atoms with van der Waals surface area (Å²) in [6.07, 6.45) is 2.95. The van der Waals surface area contributed by atoms with Gasteiger partial charge in [0.2, 0.25) is 0 Å². The number of thioether (sulfide) groups is 1. The Bertz CT molecular complexity index is 1360. The maximum absolute atomic E-state index is 13.2. The SMILES string of the molecule is O=C(O)CCCN1C(=O)SC(=Cc2cn(S(=O)(=O)c3ccccc3)c3ccccc23)C1=O.